The van der Waals surface area contributed by atoms with Gasteiger partial charge in [-0.2, -0.15) is 0 Å². The van der Waals surface area contributed by atoms with Crippen molar-refractivity contribution in [3.05, 3.63) is 24.3 Å². The van der Waals surface area contributed by atoms with Crippen LogP contribution in [0, 0.1) is 23.7 Å². The summed E-state index contributed by atoms with van der Waals surface area (Å²) in [6, 6.07) is 7.73. The van der Waals surface area contributed by atoms with Crippen LogP contribution in [-0.2, 0) is 0 Å². The van der Waals surface area contributed by atoms with Gasteiger partial charge in [0.05, 0.1) is 39.3 Å². The van der Waals surface area contributed by atoms with Gasteiger partial charge in [-0.3, -0.25) is 0 Å². The topological polar surface area (TPSA) is 18.5 Å². The zero-order valence-electron chi connectivity index (χ0n) is 20.1. The van der Waals surface area contributed by atoms with Crippen LogP contribution in [0.5, 0.6) is 11.5 Å². The molecule has 1 aromatic rings. The molecule has 4 nitrogen and oxygen atoms in total. The first-order valence-corrected chi connectivity index (χ1v) is 11.5. The van der Waals surface area contributed by atoms with Crippen molar-refractivity contribution in [2.24, 2.45) is 0 Å². The molecule has 0 N–H and O–H groups in total. The summed E-state index contributed by atoms with van der Waals surface area (Å²) in [5, 5.41) is 0. The molecule has 30 heavy (non-hydrogen) atoms. The van der Waals surface area contributed by atoms with Gasteiger partial charge in [-0.1, -0.05) is 24.0 Å². The average molecular weight is 415 g/mol. The van der Waals surface area contributed by atoms with E-state index in [4.69, 9.17) is 9.47 Å². The zero-order valence-corrected chi connectivity index (χ0v) is 20.1. The Morgan fingerprint density at radius 1 is 0.567 bits per heavy atom. The molecule has 0 bridgehead atoms. The van der Waals surface area contributed by atoms with E-state index in [-0.39, 0.29) is 0 Å². The monoisotopic (exact) mass is 414 g/mol. The second-order valence-electron chi connectivity index (χ2n) is 7.63. The highest BCUT2D eigenvalue weighted by Crippen LogP contribution is 2.26. The van der Waals surface area contributed by atoms with Crippen molar-refractivity contribution in [1.82, 2.24) is 0 Å². The lowest BCUT2D eigenvalue weighted by Gasteiger charge is -2.33. The first-order valence-electron chi connectivity index (χ1n) is 11.5. The van der Waals surface area contributed by atoms with Gasteiger partial charge in [-0.15, -0.1) is 0 Å². The van der Waals surface area contributed by atoms with Gasteiger partial charge in [0.15, 0.2) is 11.5 Å². The summed E-state index contributed by atoms with van der Waals surface area (Å²) in [7, 11) is 0. The van der Waals surface area contributed by atoms with Crippen molar-refractivity contribution in [3.8, 4) is 35.2 Å². The molecule has 166 valence electrons. The third-order valence-corrected chi connectivity index (χ3v) is 6.55. The molecule has 0 saturated heterocycles. The number of benzene rings is 1. The molecule has 1 rings (SSSR count). The first-order chi connectivity index (χ1) is 14.5. The average Bonchev–Trinajstić information content (AvgIpc) is 2.80. The number of hydrogen-bond acceptors (Lipinski definition) is 2. The fourth-order valence-electron chi connectivity index (χ4n) is 3.48. The Kier molecular flexibility index (Phi) is 12.1. The lowest BCUT2D eigenvalue weighted by molar-refractivity contribution is -0.916. The number of quaternary nitrogens is 2. The SMILES string of the molecule is CC[N+](CC)(CC)CC#CCOc1ccccc1OCC#CC[N+](CC)(CC)CC. The highest BCUT2D eigenvalue weighted by molar-refractivity contribution is 5.40. The maximum atomic E-state index is 5.86. The number of nitrogens with zero attached hydrogens (tertiary/aromatic N) is 2. The van der Waals surface area contributed by atoms with Crippen LogP contribution in [-0.4, -0.2) is 74.5 Å². The normalized spacial score (nSPS) is 11.1. The van der Waals surface area contributed by atoms with Crippen LogP contribution in [0.1, 0.15) is 41.5 Å². The van der Waals surface area contributed by atoms with E-state index in [9.17, 15) is 0 Å². The molecular formula is C26H42N2O2+2. The Labute approximate surface area is 185 Å². The van der Waals surface area contributed by atoms with Gasteiger partial charge in [0.2, 0.25) is 0 Å². The minimum atomic E-state index is 0.368. The van der Waals surface area contributed by atoms with E-state index < -0.39 is 0 Å². The molecule has 0 fully saturated rings. The van der Waals surface area contributed by atoms with E-state index in [2.05, 4.69) is 65.2 Å². The summed E-state index contributed by atoms with van der Waals surface area (Å²) >= 11 is 0. The van der Waals surface area contributed by atoms with Crippen molar-refractivity contribution < 1.29 is 18.4 Å². The molecule has 0 amide bonds. The van der Waals surface area contributed by atoms with Crippen LogP contribution in [0.3, 0.4) is 0 Å². The summed E-state index contributed by atoms with van der Waals surface area (Å²) in [5.41, 5.74) is 0. The second-order valence-corrected chi connectivity index (χ2v) is 7.63. The van der Waals surface area contributed by atoms with Crippen LogP contribution in [0.4, 0.5) is 0 Å². The molecule has 0 heterocycles. The van der Waals surface area contributed by atoms with Gasteiger partial charge in [-0.05, 0) is 65.5 Å². The zero-order chi connectivity index (χ0) is 22.3. The highest BCUT2D eigenvalue weighted by Gasteiger charge is 2.19. The molecule has 0 radical (unpaired) electrons. The predicted molar refractivity (Wildman–Crippen MR) is 126 cm³/mol. The molecule has 0 aliphatic heterocycles. The summed E-state index contributed by atoms with van der Waals surface area (Å²) < 4.78 is 13.8. The Hall–Kier alpha value is -2.14. The molecule has 0 atom stereocenters. The van der Waals surface area contributed by atoms with Crippen molar-refractivity contribution in [3.63, 3.8) is 0 Å². The maximum absolute atomic E-state index is 5.86. The summed E-state index contributed by atoms with van der Waals surface area (Å²) in [6.45, 7) is 22.5. The van der Waals surface area contributed by atoms with E-state index >= 15 is 0 Å². The van der Waals surface area contributed by atoms with Crippen LogP contribution in [0.2, 0.25) is 0 Å². The van der Waals surface area contributed by atoms with Gasteiger partial charge in [0.1, 0.15) is 26.3 Å². The van der Waals surface area contributed by atoms with E-state index in [1.165, 1.54) is 0 Å². The fraction of sp³-hybridized carbons (Fsp3) is 0.615. The number of ether oxygens (including phenoxy) is 2. The lowest BCUT2D eigenvalue weighted by Crippen LogP contribution is -2.47. The highest BCUT2D eigenvalue weighted by atomic mass is 16.5. The quantitative estimate of drug-likeness (QED) is 0.377. The molecule has 0 spiro atoms. The number of para-hydroxylation sites is 2. The van der Waals surface area contributed by atoms with Crippen molar-refractivity contribution in [2.45, 2.75) is 41.5 Å². The predicted octanol–water partition coefficient (Wildman–Crippen LogP) is 4.20. The van der Waals surface area contributed by atoms with Gasteiger partial charge < -0.3 is 18.4 Å². The van der Waals surface area contributed by atoms with E-state index in [0.717, 1.165) is 72.8 Å². The molecule has 0 aromatic heterocycles. The van der Waals surface area contributed by atoms with Gasteiger partial charge in [0.25, 0.3) is 0 Å². The molecule has 0 unspecified atom stereocenters. The van der Waals surface area contributed by atoms with Gasteiger partial charge in [0, 0.05) is 0 Å². The maximum Gasteiger partial charge on any atom is 0.162 e. The molecular weight excluding hydrogens is 372 g/mol. The minimum Gasteiger partial charge on any atom is -0.477 e. The summed E-state index contributed by atoms with van der Waals surface area (Å²) in [5.74, 6) is 14.3. The number of hydrogen-bond donors (Lipinski definition) is 0. The Bertz CT molecular complexity index is 649. The Morgan fingerprint density at radius 3 is 1.20 bits per heavy atom. The summed E-state index contributed by atoms with van der Waals surface area (Å²) in [4.78, 5) is 0. The van der Waals surface area contributed by atoms with Crippen molar-refractivity contribution in [1.29, 1.82) is 0 Å². The van der Waals surface area contributed by atoms with Gasteiger partial charge in [-0.25, -0.2) is 0 Å². The third-order valence-electron chi connectivity index (χ3n) is 6.55. The lowest BCUT2D eigenvalue weighted by atomic mass is 10.3. The Balaban J connectivity index is 2.58. The molecule has 4 heteroatoms. The molecule has 0 saturated carbocycles. The largest absolute Gasteiger partial charge is 0.477 e. The molecule has 0 aliphatic rings. The van der Waals surface area contributed by atoms with Crippen LogP contribution >= 0.6 is 0 Å². The summed E-state index contributed by atoms with van der Waals surface area (Å²) in [6.07, 6.45) is 0. The Morgan fingerprint density at radius 2 is 0.900 bits per heavy atom. The van der Waals surface area contributed by atoms with Crippen molar-refractivity contribution >= 4 is 0 Å². The standard InChI is InChI=1S/C26H42N2O2/c1-7-27(8-2,9-3)21-15-17-23-29-25-19-13-14-20-26(25)30-24-18-16-22-28(10-4,11-5)12-6/h13-14,19-20H,7-12,21-24H2,1-6H3/q+2. The first kappa shape index (κ1) is 25.9. The fourth-order valence-corrected chi connectivity index (χ4v) is 3.48. The minimum absolute atomic E-state index is 0.368. The van der Waals surface area contributed by atoms with Crippen LogP contribution < -0.4 is 9.47 Å². The molecule has 0 aliphatic carbocycles. The van der Waals surface area contributed by atoms with Crippen molar-refractivity contribution in [2.75, 3.05) is 65.6 Å². The van der Waals surface area contributed by atoms with E-state index in [1.54, 1.807) is 0 Å². The van der Waals surface area contributed by atoms with Crippen LogP contribution in [0.25, 0.3) is 0 Å². The third kappa shape index (κ3) is 7.94. The van der Waals surface area contributed by atoms with Gasteiger partial charge >= 0.3 is 0 Å². The smallest absolute Gasteiger partial charge is 0.162 e. The number of rotatable bonds is 12. The van der Waals surface area contributed by atoms with Crippen LogP contribution in [0.15, 0.2) is 24.3 Å². The van der Waals surface area contributed by atoms with E-state index in [1.807, 2.05) is 24.3 Å². The molecule has 1 aromatic carbocycles. The van der Waals surface area contributed by atoms with E-state index in [0.29, 0.717) is 13.2 Å². The second kappa shape index (κ2) is 14.0.